The zero-order chi connectivity index (χ0) is 22.9. The molecule has 0 radical (unpaired) electrons. The average molecular weight is 438 g/mol. The number of benzene rings is 2. The first kappa shape index (κ1) is 22.9. The predicted molar refractivity (Wildman–Crippen MR) is 119 cm³/mol. The van der Waals surface area contributed by atoms with Crippen molar-refractivity contribution in [2.24, 2.45) is 0 Å². The van der Waals surface area contributed by atoms with Crippen LogP contribution in [-0.2, 0) is 31.1 Å². The largest absolute Gasteiger partial charge is 0.493 e. The maximum absolute atomic E-state index is 12.5. The highest BCUT2D eigenvalue weighted by Gasteiger charge is 2.12. The molecule has 8 heteroatoms. The molecular weight excluding hydrogens is 412 g/mol. The third-order valence-corrected chi connectivity index (χ3v) is 4.83. The molecule has 1 aromatic heterocycles. The lowest BCUT2D eigenvalue weighted by Gasteiger charge is -2.15. The highest BCUT2D eigenvalue weighted by atomic mass is 16.5. The van der Waals surface area contributed by atoms with Crippen LogP contribution in [-0.4, -0.2) is 29.8 Å². The van der Waals surface area contributed by atoms with Gasteiger partial charge in [0.2, 0.25) is 11.3 Å². The molecule has 0 atom stereocenters. The summed E-state index contributed by atoms with van der Waals surface area (Å²) >= 11 is 0. The van der Waals surface area contributed by atoms with Crippen molar-refractivity contribution in [1.29, 1.82) is 0 Å². The number of aliphatic hydroxyl groups excluding tert-OH is 1. The van der Waals surface area contributed by atoms with Crippen LogP contribution in [0.1, 0.15) is 16.8 Å². The summed E-state index contributed by atoms with van der Waals surface area (Å²) in [4.78, 5) is 24.8. The highest BCUT2D eigenvalue weighted by molar-refractivity contribution is 5.75. The van der Waals surface area contributed by atoms with Crippen LogP contribution in [0.4, 0.5) is 0 Å². The molecule has 0 fully saturated rings. The number of aliphatic hydroxyl groups is 1. The molecule has 1 amide bonds. The first-order valence-corrected chi connectivity index (χ1v) is 10.0. The van der Waals surface area contributed by atoms with Crippen molar-refractivity contribution in [3.05, 3.63) is 87.8 Å². The van der Waals surface area contributed by atoms with Gasteiger partial charge >= 0.3 is 0 Å². The third-order valence-electron chi connectivity index (χ3n) is 4.83. The van der Waals surface area contributed by atoms with Crippen LogP contribution in [0.15, 0.2) is 65.6 Å². The minimum Gasteiger partial charge on any atom is -0.493 e. The van der Waals surface area contributed by atoms with E-state index in [1.807, 2.05) is 36.4 Å². The molecule has 32 heavy (non-hydrogen) atoms. The number of pyridine rings is 1. The van der Waals surface area contributed by atoms with Gasteiger partial charge in [-0.05, 0) is 23.3 Å². The fraction of sp³-hybridized carbons (Fsp3) is 0.250. The van der Waals surface area contributed by atoms with Crippen molar-refractivity contribution >= 4 is 5.91 Å². The highest BCUT2D eigenvalue weighted by Crippen LogP contribution is 2.27. The van der Waals surface area contributed by atoms with E-state index in [0.29, 0.717) is 17.2 Å². The maximum atomic E-state index is 12.5. The quantitative estimate of drug-likeness (QED) is 0.504. The number of rotatable bonds is 10. The van der Waals surface area contributed by atoms with Crippen LogP contribution in [0.3, 0.4) is 0 Å². The number of carbonyl (C=O) groups excluding carboxylic acids is 1. The molecule has 8 nitrogen and oxygen atoms in total. The van der Waals surface area contributed by atoms with Gasteiger partial charge in [-0.3, -0.25) is 9.59 Å². The number of ether oxygens (including phenoxy) is 3. The molecule has 0 saturated carbocycles. The fourth-order valence-electron chi connectivity index (χ4n) is 3.12. The van der Waals surface area contributed by atoms with Crippen molar-refractivity contribution in [2.45, 2.75) is 26.3 Å². The zero-order valence-electron chi connectivity index (χ0n) is 18.0. The van der Waals surface area contributed by atoms with Crippen LogP contribution in [0.25, 0.3) is 0 Å². The molecular formula is C24H26N2O6. The lowest BCUT2D eigenvalue weighted by Crippen LogP contribution is -2.29. The minimum atomic E-state index is -0.378. The Morgan fingerprint density at radius 1 is 0.969 bits per heavy atom. The van der Waals surface area contributed by atoms with Gasteiger partial charge in [-0.1, -0.05) is 36.4 Å². The van der Waals surface area contributed by atoms with Crippen LogP contribution >= 0.6 is 0 Å². The normalized spacial score (nSPS) is 10.5. The number of aromatic nitrogens is 1. The number of nitrogens with one attached hydrogen (secondary N) is 1. The molecule has 0 aliphatic carbocycles. The van der Waals surface area contributed by atoms with E-state index in [2.05, 4.69) is 5.32 Å². The van der Waals surface area contributed by atoms with Gasteiger partial charge < -0.3 is 29.2 Å². The Labute approximate surface area is 186 Å². The Balaban J connectivity index is 1.67. The molecule has 0 aliphatic rings. The topological polar surface area (TPSA) is 99.0 Å². The Bertz CT molecular complexity index is 1110. The lowest BCUT2D eigenvalue weighted by atomic mass is 10.2. The number of carbonyl (C=O) groups is 1. The summed E-state index contributed by atoms with van der Waals surface area (Å²) in [6, 6.07) is 16.1. The van der Waals surface area contributed by atoms with E-state index in [4.69, 9.17) is 14.2 Å². The Morgan fingerprint density at radius 3 is 2.41 bits per heavy atom. The van der Waals surface area contributed by atoms with Crippen LogP contribution in [0, 0.1) is 0 Å². The van der Waals surface area contributed by atoms with Gasteiger partial charge in [-0.25, -0.2) is 0 Å². The van der Waals surface area contributed by atoms with Gasteiger partial charge in [0.25, 0.3) is 0 Å². The van der Waals surface area contributed by atoms with Crippen molar-refractivity contribution < 1.29 is 24.1 Å². The SMILES string of the molecule is COc1ccc(CNC(=O)Cn2cc(OCc3ccccc3)c(=O)cc2CO)cc1OC. The monoisotopic (exact) mass is 438 g/mol. The molecule has 3 rings (SSSR count). The molecule has 0 spiro atoms. The first-order chi connectivity index (χ1) is 15.5. The molecule has 3 aromatic rings. The number of hydrogen-bond donors (Lipinski definition) is 2. The van der Waals surface area contributed by atoms with E-state index in [9.17, 15) is 14.7 Å². The first-order valence-electron chi connectivity index (χ1n) is 10.0. The average Bonchev–Trinajstić information content (AvgIpc) is 2.83. The number of hydrogen-bond acceptors (Lipinski definition) is 6. The lowest BCUT2D eigenvalue weighted by molar-refractivity contribution is -0.121. The number of nitrogens with zero attached hydrogens (tertiary/aromatic N) is 1. The Morgan fingerprint density at radius 2 is 1.72 bits per heavy atom. The van der Waals surface area contributed by atoms with Crippen molar-refractivity contribution in [1.82, 2.24) is 9.88 Å². The van der Waals surface area contributed by atoms with Crippen molar-refractivity contribution in [2.75, 3.05) is 14.2 Å². The van der Waals surface area contributed by atoms with E-state index in [1.54, 1.807) is 26.4 Å². The summed E-state index contributed by atoms with van der Waals surface area (Å²) in [5.41, 5.74) is 1.72. The van der Waals surface area contributed by atoms with Gasteiger partial charge in [-0.2, -0.15) is 0 Å². The predicted octanol–water partition coefficient (Wildman–Crippen LogP) is 2.25. The molecule has 0 unspecified atom stereocenters. The maximum Gasteiger partial charge on any atom is 0.240 e. The number of methoxy groups -OCH3 is 2. The minimum absolute atomic E-state index is 0.0782. The summed E-state index contributed by atoms with van der Waals surface area (Å²) in [7, 11) is 3.10. The molecule has 0 saturated heterocycles. The van der Waals surface area contributed by atoms with E-state index >= 15 is 0 Å². The van der Waals surface area contributed by atoms with Gasteiger partial charge in [0.05, 0.1) is 27.0 Å². The molecule has 0 bridgehead atoms. The van der Waals surface area contributed by atoms with E-state index in [0.717, 1.165) is 11.1 Å². The molecule has 168 valence electrons. The Hall–Kier alpha value is -3.78. The Kier molecular flexibility index (Phi) is 7.88. The summed E-state index contributed by atoms with van der Waals surface area (Å²) in [6.45, 7) is 0.0492. The van der Waals surface area contributed by atoms with Crippen LogP contribution in [0.2, 0.25) is 0 Å². The van der Waals surface area contributed by atoms with Gasteiger partial charge in [-0.15, -0.1) is 0 Å². The second kappa shape index (κ2) is 11.0. The summed E-state index contributed by atoms with van der Waals surface area (Å²) in [6.07, 6.45) is 1.45. The second-order valence-corrected chi connectivity index (χ2v) is 7.02. The fourth-order valence-corrected chi connectivity index (χ4v) is 3.12. The summed E-state index contributed by atoms with van der Waals surface area (Å²) in [5, 5.41) is 12.4. The summed E-state index contributed by atoms with van der Waals surface area (Å²) in [5.74, 6) is 1.000. The van der Waals surface area contributed by atoms with Crippen molar-refractivity contribution in [3.63, 3.8) is 0 Å². The van der Waals surface area contributed by atoms with E-state index < -0.39 is 0 Å². The zero-order valence-corrected chi connectivity index (χ0v) is 18.0. The van der Waals surface area contributed by atoms with E-state index in [1.165, 1.54) is 16.8 Å². The standard InChI is InChI=1S/C24H26N2O6/c1-30-21-9-8-18(10-22(21)31-2)12-25-24(29)14-26-13-23(20(28)11-19(26)15-27)32-16-17-6-4-3-5-7-17/h3-11,13,27H,12,14-16H2,1-2H3,(H,25,29). The van der Waals surface area contributed by atoms with Crippen molar-refractivity contribution in [3.8, 4) is 17.2 Å². The smallest absolute Gasteiger partial charge is 0.240 e. The van der Waals surface area contributed by atoms with Gasteiger partial charge in [0.15, 0.2) is 17.2 Å². The van der Waals surface area contributed by atoms with Crippen LogP contribution < -0.4 is 25.0 Å². The molecule has 0 aliphatic heterocycles. The molecule has 2 N–H and O–H groups in total. The molecule has 1 heterocycles. The number of amides is 1. The van der Waals surface area contributed by atoms with E-state index in [-0.39, 0.29) is 43.4 Å². The van der Waals surface area contributed by atoms with Crippen LogP contribution in [0.5, 0.6) is 17.2 Å². The van der Waals surface area contributed by atoms with Gasteiger partial charge in [0.1, 0.15) is 13.2 Å². The third kappa shape index (κ3) is 5.89. The second-order valence-electron chi connectivity index (χ2n) is 7.02. The van der Waals surface area contributed by atoms with Gasteiger partial charge in [0, 0.05) is 18.3 Å². The molecule has 2 aromatic carbocycles. The summed E-state index contributed by atoms with van der Waals surface area (Å²) < 4.78 is 17.6.